The van der Waals surface area contributed by atoms with Crippen molar-refractivity contribution in [3.8, 4) is 0 Å². The van der Waals surface area contributed by atoms with Crippen LogP contribution in [0.15, 0.2) is 88.1 Å². The number of rotatable bonds is 7. The van der Waals surface area contributed by atoms with Crippen LogP contribution in [0.2, 0.25) is 0 Å². The average molecular weight is 598 g/mol. The fraction of sp³-hybridized carbons (Fsp3) is 0.133. The number of thioether (sulfide) groups is 1. The molecule has 0 aliphatic heterocycles. The number of anilines is 1. The molecule has 4 aromatic heterocycles. The predicted octanol–water partition coefficient (Wildman–Crippen LogP) is 5.58. The van der Waals surface area contributed by atoms with E-state index >= 15 is 0 Å². The van der Waals surface area contributed by atoms with Crippen LogP contribution in [-0.4, -0.2) is 30.1 Å². The highest BCUT2D eigenvalue weighted by atomic mass is 32.2. The molecule has 6 aromatic rings. The second-order valence-electron chi connectivity index (χ2n) is 9.61. The van der Waals surface area contributed by atoms with E-state index in [1.165, 1.54) is 28.3 Å². The summed E-state index contributed by atoms with van der Waals surface area (Å²) in [5, 5.41) is 20.4. The molecule has 9 nitrogen and oxygen atoms in total. The molecule has 6 rings (SSSR count). The number of nitrogens with one attached hydrogen (secondary N) is 2. The summed E-state index contributed by atoms with van der Waals surface area (Å²) in [6.45, 7) is 3.77. The highest BCUT2D eigenvalue weighted by Crippen LogP contribution is 2.29. The highest BCUT2D eigenvalue weighted by molar-refractivity contribution is 8.00. The molecule has 2 aromatic carbocycles. The number of nitrogens with zero attached hydrogens (tertiary/aromatic N) is 5. The van der Waals surface area contributed by atoms with E-state index < -0.39 is 11.9 Å². The van der Waals surface area contributed by atoms with E-state index in [1.54, 1.807) is 35.0 Å². The van der Waals surface area contributed by atoms with Gasteiger partial charge in [0.25, 0.3) is 11.5 Å². The number of carbonyl (C=O) groups excluding carboxylic acids is 1. The van der Waals surface area contributed by atoms with Gasteiger partial charge in [-0.25, -0.2) is 9.37 Å². The third-order valence-corrected chi connectivity index (χ3v) is 8.95. The van der Waals surface area contributed by atoms with Crippen LogP contribution < -0.4 is 16.4 Å². The van der Waals surface area contributed by atoms with Gasteiger partial charge < -0.3 is 4.57 Å². The summed E-state index contributed by atoms with van der Waals surface area (Å²) in [7, 11) is 0. The first kappa shape index (κ1) is 27.5. The number of halogens is 1. The fourth-order valence-corrected chi connectivity index (χ4v) is 6.46. The van der Waals surface area contributed by atoms with Gasteiger partial charge >= 0.3 is 0 Å². The van der Waals surface area contributed by atoms with Gasteiger partial charge in [0, 0.05) is 11.9 Å². The summed E-state index contributed by atoms with van der Waals surface area (Å²) in [6.07, 6.45) is 1.64. The Morgan fingerprint density at radius 2 is 1.83 bits per heavy atom. The number of aryl methyl sites for hydroxylation is 1. The summed E-state index contributed by atoms with van der Waals surface area (Å²) >= 11 is 2.45. The van der Waals surface area contributed by atoms with Gasteiger partial charge in [0.15, 0.2) is 4.34 Å². The number of carbonyl (C=O) groups is 1. The number of benzene rings is 2. The summed E-state index contributed by atoms with van der Waals surface area (Å²) in [4.78, 5) is 32.0. The maximum absolute atomic E-state index is 14.0. The van der Waals surface area contributed by atoms with Gasteiger partial charge in [-0.3, -0.25) is 24.7 Å². The largest absolute Gasteiger partial charge is 0.303 e. The molecule has 1 atom stereocenters. The van der Waals surface area contributed by atoms with Crippen molar-refractivity contribution in [2.45, 2.75) is 30.0 Å². The maximum atomic E-state index is 14.0. The minimum Gasteiger partial charge on any atom is -0.303 e. The van der Waals surface area contributed by atoms with Crippen molar-refractivity contribution in [3.63, 3.8) is 0 Å². The smallest absolute Gasteiger partial charge is 0.267 e. The van der Waals surface area contributed by atoms with Crippen LogP contribution in [0.5, 0.6) is 0 Å². The van der Waals surface area contributed by atoms with Crippen LogP contribution in [0.4, 0.5) is 9.52 Å². The molecule has 1 unspecified atom stereocenters. The van der Waals surface area contributed by atoms with Gasteiger partial charge in [-0.2, -0.15) is 0 Å². The Morgan fingerprint density at radius 1 is 1.07 bits per heavy atom. The van der Waals surface area contributed by atoms with Crippen molar-refractivity contribution in [1.29, 1.82) is 5.41 Å². The number of aromatic nitrogens is 5. The Labute approximate surface area is 247 Å². The molecule has 0 radical (unpaired) electrons. The summed E-state index contributed by atoms with van der Waals surface area (Å²) in [6, 6.07) is 20.7. The van der Waals surface area contributed by atoms with Gasteiger partial charge in [-0.15, -0.1) is 10.2 Å². The lowest BCUT2D eigenvalue weighted by atomic mass is 10.1. The van der Waals surface area contributed by atoms with Gasteiger partial charge in [0.2, 0.25) is 5.13 Å². The first-order valence-corrected chi connectivity index (χ1v) is 14.8. The molecule has 0 aliphatic carbocycles. The first-order chi connectivity index (χ1) is 20.3. The topological polar surface area (TPSA) is 118 Å². The van der Waals surface area contributed by atoms with Crippen LogP contribution in [0.1, 0.15) is 40.0 Å². The van der Waals surface area contributed by atoms with Crippen LogP contribution in [-0.2, 0) is 5.75 Å². The molecule has 2 N–H and O–H groups in total. The monoisotopic (exact) mass is 597 g/mol. The Morgan fingerprint density at radius 3 is 2.62 bits per heavy atom. The molecule has 42 heavy (non-hydrogen) atoms. The molecular weight excluding hydrogens is 574 g/mol. The van der Waals surface area contributed by atoms with Crippen molar-refractivity contribution in [2.24, 2.45) is 0 Å². The molecule has 0 aliphatic rings. The van der Waals surface area contributed by atoms with Gasteiger partial charge in [-0.05, 0) is 48.7 Å². The first-order valence-electron chi connectivity index (χ1n) is 13.0. The number of hydrogen-bond donors (Lipinski definition) is 2. The van der Waals surface area contributed by atoms with E-state index in [0.717, 1.165) is 22.5 Å². The Kier molecular flexibility index (Phi) is 7.40. The molecule has 0 fully saturated rings. The van der Waals surface area contributed by atoms with Crippen molar-refractivity contribution in [1.82, 2.24) is 24.1 Å². The molecule has 12 heteroatoms. The van der Waals surface area contributed by atoms with Crippen LogP contribution in [0.25, 0.3) is 16.7 Å². The summed E-state index contributed by atoms with van der Waals surface area (Å²) in [5.41, 5.74) is 2.59. The van der Waals surface area contributed by atoms with E-state index in [2.05, 4.69) is 15.5 Å². The molecule has 0 bridgehead atoms. The van der Waals surface area contributed by atoms with E-state index in [1.807, 2.05) is 50.2 Å². The standard InChI is InChI=1S/C30H24FN7O2S2/c1-17-9-8-14-37-25(17)33-26-22(28(37)40)15-21(24(32)38(26)18(2)19-10-4-3-5-11-19)27(39)34-29-35-36-30(42-29)41-16-20-12-6-7-13-23(20)31/h3-15,18,32H,16H2,1-2H3,(H,34,35,39). The normalized spacial score (nSPS) is 12.1. The van der Waals surface area contributed by atoms with E-state index in [-0.39, 0.29) is 32.9 Å². The zero-order chi connectivity index (χ0) is 29.4. The van der Waals surface area contributed by atoms with Crippen molar-refractivity contribution in [2.75, 3.05) is 5.32 Å². The Bertz CT molecular complexity index is 2090. The summed E-state index contributed by atoms with van der Waals surface area (Å²) in [5.74, 6) is -0.543. The van der Waals surface area contributed by atoms with E-state index in [4.69, 9.17) is 10.4 Å². The Hall–Kier alpha value is -4.68. The highest BCUT2D eigenvalue weighted by Gasteiger charge is 2.22. The third-order valence-electron chi connectivity index (χ3n) is 6.93. The summed E-state index contributed by atoms with van der Waals surface area (Å²) < 4.78 is 17.6. The molecular formula is C30H24FN7O2S2. The minimum absolute atomic E-state index is 0.00690. The SMILES string of the molecule is Cc1cccn2c(=O)c3cc(C(=O)Nc4nnc(SCc5ccccc5F)s4)c(=N)n(C(C)c4ccccc4)c3nc12. The number of pyridine rings is 2. The van der Waals surface area contributed by atoms with Crippen LogP contribution in [0, 0.1) is 18.2 Å². The zero-order valence-corrected chi connectivity index (χ0v) is 24.2. The quantitative estimate of drug-likeness (QED) is 0.141. The predicted molar refractivity (Wildman–Crippen MR) is 162 cm³/mol. The minimum atomic E-state index is -0.605. The third kappa shape index (κ3) is 5.10. The van der Waals surface area contributed by atoms with E-state index in [0.29, 0.717) is 27.0 Å². The van der Waals surface area contributed by atoms with Gasteiger partial charge in [0.05, 0.1) is 17.0 Å². The van der Waals surface area contributed by atoms with Crippen molar-refractivity contribution < 1.29 is 9.18 Å². The second-order valence-corrected chi connectivity index (χ2v) is 11.8. The lowest BCUT2D eigenvalue weighted by molar-refractivity contribution is 0.102. The molecule has 0 spiro atoms. The second kappa shape index (κ2) is 11.3. The average Bonchev–Trinajstić information content (AvgIpc) is 3.44. The van der Waals surface area contributed by atoms with Gasteiger partial charge in [-0.1, -0.05) is 77.7 Å². The maximum Gasteiger partial charge on any atom is 0.267 e. The van der Waals surface area contributed by atoms with Crippen LogP contribution in [0.3, 0.4) is 0 Å². The Balaban J connectivity index is 1.40. The lowest BCUT2D eigenvalue weighted by Gasteiger charge is -2.21. The van der Waals surface area contributed by atoms with Gasteiger partial charge in [0.1, 0.15) is 22.6 Å². The molecule has 210 valence electrons. The molecule has 4 heterocycles. The zero-order valence-electron chi connectivity index (χ0n) is 22.5. The fourth-order valence-electron chi connectivity index (χ4n) is 4.73. The lowest BCUT2D eigenvalue weighted by Crippen LogP contribution is -2.34. The number of hydrogen-bond acceptors (Lipinski definition) is 8. The molecule has 1 amide bonds. The molecule has 0 saturated heterocycles. The van der Waals surface area contributed by atoms with E-state index in [9.17, 15) is 14.0 Å². The molecule has 0 saturated carbocycles. The van der Waals surface area contributed by atoms with Crippen LogP contribution >= 0.6 is 23.1 Å². The van der Waals surface area contributed by atoms with Crippen molar-refractivity contribution >= 4 is 50.8 Å². The number of fused-ring (bicyclic) bond motifs is 2. The number of amides is 1. The van der Waals surface area contributed by atoms with Crippen molar-refractivity contribution in [3.05, 3.63) is 123 Å².